The summed E-state index contributed by atoms with van der Waals surface area (Å²) in [7, 11) is 2.15. The molecule has 3 heteroatoms. The van der Waals surface area contributed by atoms with Crippen LogP contribution in [0.2, 0.25) is 0 Å². The fraction of sp³-hybridized carbons (Fsp3) is 0.333. The first-order chi connectivity index (χ1) is 7.33. The molecular formula is C12H15NS2. The molecule has 0 unspecified atom stereocenters. The molecule has 2 rings (SSSR count). The molecule has 0 fully saturated rings. The van der Waals surface area contributed by atoms with Crippen molar-refractivity contribution in [3.8, 4) is 0 Å². The Hall–Kier alpha value is -0.670. The van der Waals surface area contributed by atoms with Crippen molar-refractivity contribution in [1.29, 1.82) is 0 Å². The third-order valence-electron chi connectivity index (χ3n) is 2.52. The molecule has 80 valence electrons. The van der Waals surface area contributed by atoms with E-state index in [1.54, 1.807) is 0 Å². The lowest BCUT2D eigenvalue weighted by molar-refractivity contribution is 0.866. The van der Waals surface area contributed by atoms with Crippen LogP contribution in [0.25, 0.3) is 10.1 Å². The Kier molecular flexibility index (Phi) is 3.54. The van der Waals surface area contributed by atoms with E-state index in [1.807, 2.05) is 11.3 Å². The first-order valence-corrected chi connectivity index (χ1v) is 6.62. The summed E-state index contributed by atoms with van der Waals surface area (Å²) in [5.74, 6) is 0.951. The Morgan fingerprint density at radius 1 is 1.33 bits per heavy atom. The van der Waals surface area contributed by atoms with Crippen molar-refractivity contribution in [3.05, 3.63) is 29.6 Å². The van der Waals surface area contributed by atoms with E-state index in [0.717, 1.165) is 18.7 Å². The fourth-order valence-corrected chi connectivity index (χ4v) is 2.83. The number of nitrogens with zero attached hydrogens (tertiary/aromatic N) is 1. The minimum Gasteiger partial charge on any atom is -0.373 e. The van der Waals surface area contributed by atoms with Gasteiger partial charge in [-0.15, -0.1) is 11.3 Å². The number of hydrogen-bond acceptors (Lipinski definition) is 3. The Balaban J connectivity index is 2.27. The van der Waals surface area contributed by atoms with Crippen molar-refractivity contribution >= 4 is 39.7 Å². The van der Waals surface area contributed by atoms with Gasteiger partial charge in [0.25, 0.3) is 0 Å². The number of benzene rings is 1. The summed E-state index contributed by atoms with van der Waals surface area (Å²) in [4.78, 5) is 2.31. The van der Waals surface area contributed by atoms with E-state index in [0.29, 0.717) is 0 Å². The second-order valence-electron chi connectivity index (χ2n) is 3.62. The summed E-state index contributed by atoms with van der Waals surface area (Å²) in [5, 5.41) is 3.60. The molecule has 0 amide bonds. The Morgan fingerprint density at radius 3 is 2.93 bits per heavy atom. The van der Waals surface area contributed by atoms with Crippen LogP contribution in [0.5, 0.6) is 0 Å². The Labute approximate surface area is 100 Å². The SMILES string of the molecule is CN(CCCS)c1csc2ccccc12. The molecule has 0 bridgehead atoms. The lowest BCUT2D eigenvalue weighted by Crippen LogP contribution is -2.18. The highest BCUT2D eigenvalue weighted by Crippen LogP contribution is 2.32. The number of rotatable bonds is 4. The lowest BCUT2D eigenvalue weighted by Gasteiger charge is -2.17. The lowest BCUT2D eigenvalue weighted by atomic mass is 10.2. The summed E-state index contributed by atoms with van der Waals surface area (Å²) >= 11 is 6.06. The standard InChI is InChI=1S/C12H15NS2/c1-13(7-4-8-14)11-9-15-12-6-3-2-5-10(11)12/h2-3,5-6,9,14H,4,7-8H2,1H3. The van der Waals surface area contributed by atoms with E-state index >= 15 is 0 Å². The maximum atomic E-state index is 4.24. The topological polar surface area (TPSA) is 3.24 Å². The quantitative estimate of drug-likeness (QED) is 0.794. The maximum absolute atomic E-state index is 4.24. The first kappa shape index (κ1) is 10.8. The predicted octanol–water partition coefficient (Wildman–Crippen LogP) is 3.66. The van der Waals surface area contributed by atoms with Crippen LogP contribution in [-0.4, -0.2) is 19.3 Å². The van der Waals surface area contributed by atoms with Gasteiger partial charge in [-0.25, -0.2) is 0 Å². The molecular weight excluding hydrogens is 222 g/mol. The molecule has 0 N–H and O–H groups in total. The van der Waals surface area contributed by atoms with Crippen molar-refractivity contribution in [1.82, 2.24) is 0 Å². The molecule has 1 aromatic carbocycles. The smallest absolute Gasteiger partial charge is 0.0552 e. The normalized spacial score (nSPS) is 10.8. The van der Waals surface area contributed by atoms with Crippen LogP contribution in [0.3, 0.4) is 0 Å². The monoisotopic (exact) mass is 237 g/mol. The molecule has 1 aromatic heterocycles. The van der Waals surface area contributed by atoms with Crippen LogP contribution in [0.15, 0.2) is 29.6 Å². The molecule has 2 aromatic rings. The van der Waals surface area contributed by atoms with Crippen LogP contribution < -0.4 is 4.90 Å². The molecule has 0 atom stereocenters. The van der Waals surface area contributed by atoms with E-state index in [9.17, 15) is 0 Å². The van der Waals surface area contributed by atoms with E-state index in [2.05, 4.69) is 54.2 Å². The van der Waals surface area contributed by atoms with Gasteiger partial charge in [0, 0.05) is 29.1 Å². The van der Waals surface area contributed by atoms with Crippen LogP contribution in [-0.2, 0) is 0 Å². The minimum atomic E-state index is 0.951. The molecule has 0 saturated heterocycles. The maximum Gasteiger partial charge on any atom is 0.0552 e. The van der Waals surface area contributed by atoms with Crippen molar-refractivity contribution < 1.29 is 0 Å². The van der Waals surface area contributed by atoms with Crippen molar-refractivity contribution in [2.24, 2.45) is 0 Å². The minimum absolute atomic E-state index is 0.951. The third kappa shape index (κ3) is 2.29. The zero-order valence-electron chi connectivity index (χ0n) is 8.81. The average Bonchev–Trinajstić information content (AvgIpc) is 2.69. The van der Waals surface area contributed by atoms with Gasteiger partial charge >= 0.3 is 0 Å². The zero-order valence-corrected chi connectivity index (χ0v) is 10.5. The molecule has 0 radical (unpaired) electrons. The Morgan fingerprint density at radius 2 is 2.13 bits per heavy atom. The highest BCUT2D eigenvalue weighted by Gasteiger charge is 2.06. The molecule has 1 heterocycles. The first-order valence-electron chi connectivity index (χ1n) is 5.11. The molecule has 0 spiro atoms. The van der Waals surface area contributed by atoms with Crippen LogP contribution in [0.4, 0.5) is 5.69 Å². The van der Waals surface area contributed by atoms with Gasteiger partial charge in [0.1, 0.15) is 0 Å². The largest absolute Gasteiger partial charge is 0.373 e. The zero-order chi connectivity index (χ0) is 10.7. The molecule has 0 saturated carbocycles. The average molecular weight is 237 g/mol. The molecule has 0 aliphatic heterocycles. The van der Waals surface area contributed by atoms with E-state index in [4.69, 9.17) is 0 Å². The van der Waals surface area contributed by atoms with Gasteiger partial charge in [0.2, 0.25) is 0 Å². The van der Waals surface area contributed by atoms with Gasteiger partial charge in [0.05, 0.1) is 5.69 Å². The fourth-order valence-electron chi connectivity index (χ4n) is 1.69. The van der Waals surface area contributed by atoms with Gasteiger partial charge in [-0.3, -0.25) is 0 Å². The summed E-state index contributed by atoms with van der Waals surface area (Å²) in [6, 6.07) is 8.57. The van der Waals surface area contributed by atoms with Crippen LogP contribution in [0.1, 0.15) is 6.42 Å². The van der Waals surface area contributed by atoms with Crippen LogP contribution in [0, 0.1) is 0 Å². The van der Waals surface area contributed by atoms with Gasteiger partial charge in [0.15, 0.2) is 0 Å². The van der Waals surface area contributed by atoms with Crippen molar-refractivity contribution in [2.75, 3.05) is 24.2 Å². The van der Waals surface area contributed by atoms with Gasteiger partial charge in [-0.1, -0.05) is 18.2 Å². The molecule has 0 aliphatic carbocycles. The summed E-state index contributed by atoms with van der Waals surface area (Å²) in [6.07, 6.45) is 1.13. The number of thiol groups is 1. The van der Waals surface area contributed by atoms with Crippen molar-refractivity contribution in [3.63, 3.8) is 0 Å². The second-order valence-corrected chi connectivity index (χ2v) is 4.97. The molecule has 15 heavy (non-hydrogen) atoms. The van der Waals surface area contributed by atoms with Crippen molar-refractivity contribution in [2.45, 2.75) is 6.42 Å². The summed E-state index contributed by atoms with van der Waals surface area (Å²) in [6.45, 7) is 1.07. The molecule has 1 nitrogen and oxygen atoms in total. The number of anilines is 1. The number of thiophene rings is 1. The van der Waals surface area contributed by atoms with E-state index < -0.39 is 0 Å². The predicted molar refractivity (Wildman–Crippen MR) is 73.6 cm³/mol. The van der Waals surface area contributed by atoms with E-state index in [1.165, 1.54) is 15.8 Å². The highest BCUT2D eigenvalue weighted by molar-refractivity contribution is 7.80. The highest BCUT2D eigenvalue weighted by atomic mass is 32.1. The Bertz CT molecular complexity index is 436. The van der Waals surface area contributed by atoms with Gasteiger partial charge < -0.3 is 4.90 Å². The third-order valence-corrected chi connectivity index (χ3v) is 3.79. The van der Waals surface area contributed by atoms with Crippen LogP contribution >= 0.6 is 24.0 Å². The number of hydrogen-bond donors (Lipinski definition) is 1. The summed E-state index contributed by atoms with van der Waals surface area (Å²) in [5.41, 5.74) is 1.34. The van der Waals surface area contributed by atoms with E-state index in [-0.39, 0.29) is 0 Å². The number of fused-ring (bicyclic) bond motifs is 1. The van der Waals surface area contributed by atoms with Gasteiger partial charge in [-0.05, 0) is 18.2 Å². The molecule has 0 aliphatic rings. The second kappa shape index (κ2) is 4.90. The van der Waals surface area contributed by atoms with Gasteiger partial charge in [-0.2, -0.15) is 12.6 Å². The summed E-state index contributed by atoms with van der Waals surface area (Å²) < 4.78 is 1.37.